The second-order valence-electron chi connectivity index (χ2n) is 3.74. The van der Waals surface area contributed by atoms with Crippen LogP contribution in [0.15, 0.2) is 16.7 Å². The van der Waals surface area contributed by atoms with Gasteiger partial charge in [-0.2, -0.15) is 0 Å². The van der Waals surface area contributed by atoms with Gasteiger partial charge >= 0.3 is 0 Å². The first-order valence-electron chi connectivity index (χ1n) is 5.08. The van der Waals surface area contributed by atoms with Gasteiger partial charge in [0.15, 0.2) is 0 Å². The van der Waals surface area contributed by atoms with E-state index in [4.69, 9.17) is 10.2 Å². The van der Waals surface area contributed by atoms with E-state index in [2.05, 4.69) is 0 Å². The molecule has 1 atom stereocenters. The van der Waals surface area contributed by atoms with Crippen molar-refractivity contribution in [2.75, 3.05) is 7.05 Å². The van der Waals surface area contributed by atoms with Gasteiger partial charge in [0.2, 0.25) is 5.91 Å². The molecule has 0 radical (unpaired) electrons. The van der Waals surface area contributed by atoms with Crippen LogP contribution in [0.5, 0.6) is 0 Å². The summed E-state index contributed by atoms with van der Waals surface area (Å²) in [6.07, 6.45) is 2.38. The van der Waals surface area contributed by atoms with Crippen molar-refractivity contribution in [3.8, 4) is 0 Å². The van der Waals surface area contributed by atoms with Crippen LogP contribution in [0, 0.1) is 6.92 Å². The van der Waals surface area contributed by atoms with E-state index >= 15 is 0 Å². The van der Waals surface area contributed by atoms with Crippen molar-refractivity contribution in [2.45, 2.75) is 32.9 Å². The summed E-state index contributed by atoms with van der Waals surface area (Å²) in [5.41, 5.74) is 6.41. The van der Waals surface area contributed by atoms with Gasteiger partial charge < -0.3 is 10.2 Å². The fourth-order valence-corrected chi connectivity index (χ4v) is 1.68. The van der Waals surface area contributed by atoms with Crippen LogP contribution in [0.25, 0.3) is 0 Å². The lowest BCUT2D eigenvalue weighted by Crippen LogP contribution is -2.41. The van der Waals surface area contributed by atoms with Gasteiger partial charge in [0.05, 0.1) is 12.3 Å². The van der Waals surface area contributed by atoms with Crippen molar-refractivity contribution in [3.63, 3.8) is 0 Å². The number of aryl methyl sites for hydroxylation is 1. The molecule has 1 aromatic rings. The van der Waals surface area contributed by atoms with Crippen LogP contribution in [0.2, 0.25) is 0 Å². The maximum atomic E-state index is 11.1. The van der Waals surface area contributed by atoms with Gasteiger partial charge in [-0.05, 0) is 26.5 Å². The first kappa shape index (κ1) is 11.8. The van der Waals surface area contributed by atoms with Crippen LogP contribution in [-0.2, 0) is 11.3 Å². The van der Waals surface area contributed by atoms with Gasteiger partial charge in [0, 0.05) is 12.1 Å². The molecule has 15 heavy (non-hydrogen) atoms. The van der Waals surface area contributed by atoms with E-state index in [1.807, 2.05) is 31.9 Å². The highest BCUT2D eigenvalue weighted by Crippen LogP contribution is 2.13. The van der Waals surface area contributed by atoms with Gasteiger partial charge in [-0.15, -0.1) is 0 Å². The molecule has 2 N–H and O–H groups in total. The molecular weight excluding hydrogens is 192 g/mol. The van der Waals surface area contributed by atoms with Gasteiger partial charge in [-0.3, -0.25) is 9.69 Å². The van der Waals surface area contributed by atoms with Crippen LogP contribution < -0.4 is 5.73 Å². The molecule has 0 bridgehead atoms. The monoisotopic (exact) mass is 210 g/mol. The maximum absolute atomic E-state index is 11.1. The maximum Gasteiger partial charge on any atom is 0.234 e. The fraction of sp³-hybridized carbons (Fsp3) is 0.545. The summed E-state index contributed by atoms with van der Waals surface area (Å²) in [4.78, 5) is 13.1. The minimum Gasteiger partial charge on any atom is -0.469 e. The Morgan fingerprint density at radius 3 is 2.73 bits per heavy atom. The molecule has 0 aromatic carbocycles. The Hall–Kier alpha value is -1.29. The second kappa shape index (κ2) is 4.98. The number of likely N-dealkylation sites (N-methyl/N-ethyl adjacent to an activating group) is 1. The Kier molecular flexibility index (Phi) is 3.91. The lowest BCUT2D eigenvalue weighted by atomic mass is 10.1. The van der Waals surface area contributed by atoms with Gasteiger partial charge in [-0.1, -0.05) is 6.92 Å². The van der Waals surface area contributed by atoms with Crippen molar-refractivity contribution in [1.29, 1.82) is 0 Å². The van der Waals surface area contributed by atoms with Crippen LogP contribution in [0.4, 0.5) is 0 Å². The zero-order chi connectivity index (χ0) is 11.4. The highest BCUT2D eigenvalue weighted by atomic mass is 16.3. The smallest absolute Gasteiger partial charge is 0.234 e. The number of amides is 1. The van der Waals surface area contributed by atoms with E-state index in [0.717, 1.165) is 17.7 Å². The lowest BCUT2D eigenvalue weighted by molar-refractivity contribution is -0.123. The van der Waals surface area contributed by atoms with Crippen molar-refractivity contribution in [3.05, 3.63) is 23.7 Å². The molecule has 0 fully saturated rings. The molecule has 0 aliphatic carbocycles. The molecular formula is C11H18N2O2. The number of furan rings is 1. The van der Waals surface area contributed by atoms with E-state index in [1.165, 1.54) is 0 Å². The van der Waals surface area contributed by atoms with E-state index in [9.17, 15) is 4.79 Å². The molecule has 1 unspecified atom stereocenters. The molecule has 4 nitrogen and oxygen atoms in total. The third kappa shape index (κ3) is 2.83. The van der Waals surface area contributed by atoms with Gasteiger partial charge in [0.25, 0.3) is 0 Å². The molecule has 84 valence electrons. The van der Waals surface area contributed by atoms with Crippen LogP contribution in [0.3, 0.4) is 0 Å². The van der Waals surface area contributed by atoms with E-state index < -0.39 is 0 Å². The molecule has 1 rings (SSSR count). The van der Waals surface area contributed by atoms with Crippen molar-refractivity contribution < 1.29 is 9.21 Å². The summed E-state index contributed by atoms with van der Waals surface area (Å²) >= 11 is 0. The van der Waals surface area contributed by atoms with Crippen LogP contribution >= 0.6 is 0 Å². The summed E-state index contributed by atoms with van der Waals surface area (Å²) in [5, 5.41) is 0. The predicted octanol–water partition coefficient (Wildman–Crippen LogP) is 1.28. The molecule has 0 aliphatic rings. The lowest BCUT2D eigenvalue weighted by Gasteiger charge is -2.23. The third-order valence-electron chi connectivity index (χ3n) is 2.63. The van der Waals surface area contributed by atoms with Gasteiger partial charge in [-0.25, -0.2) is 0 Å². The summed E-state index contributed by atoms with van der Waals surface area (Å²) in [5.74, 6) is 0.613. The quantitative estimate of drug-likeness (QED) is 0.796. The highest BCUT2D eigenvalue weighted by Gasteiger charge is 2.19. The molecule has 4 heteroatoms. The summed E-state index contributed by atoms with van der Waals surface area (Å²) in [6, 6.07) is 1.71. The summed E-state index contributed by atoms with van der Waals surface area (Å²) < 4.78 is 5.20. The number of nitrogens with two attached hydrogens (primary N) is 1. The van der Waals surface area contributed by atoms with Crippen LogP contribution in [0.1, 0.15) is 24.7 Å². The largest absolute Gasteiger partial charge is 0.469 e. The first-order valence-corrected chi connectivity index (χ1v) is 5.08. The Balaban J connectivity index is 2.66. The number of rotatable bonds is 5. The fourth-order valence-electron chi connectivity index (χ4n) is 1.68. The number of hydrogen-bond donors (Lipinski definition) is 1. The van der Waals surface area contributed by atoms with Crippen molar-refractivity contribution in [2.24, 2.45) is 5.73 Å². The number of nitrogens with zero attached hydrogens (tertiary/aromatic N) is 1. The molecule has 1 amide bonds. The van der Waals surface area contributed by atoms with Crippen molar-refractivity contribution >= 4 is 5.91 Å². The zero-order valence-corrected chi connectivity index (χ0v) is 9.49. The predicted molar refractivity (Wildman–Crippen MR) is 58.2 cm³/mol. The van der Waals surface area contributed by atoms with E-state index in [0.29, 0.717) is 6.54 Å². The van der Waals surface area contributed by atoms with Crippen LogP contribution in [-0.4, -0.2) is 23.9 Å². The van der Waals surface area contributed by atoms with Crippen molar-refractivity contribution in [1.82, 2.24) is 4.90 Å². The molecule has 1 aromatic heterocycles. The summed E-state index contributed by atoms with van der Waals surface area (Å²) in [6.45, 7) is 4.55. The Labute approximate surface area is 90.0 Å². The second-order valence-corrected chi connectivity index (χ2v) is 3.74. The standard InChI is InChI=1S/C11H18N2O2/c1-4-10(11(12)14)13(3)7-9-5-6-15-8(9)2/h5-6,10H,4,7H2,1-3H3,(H2,12,14). The Bertz CT molecular complexity index is 333. The normalized spacial score (nSPS) is 13.1. The number of carbonyl (C=O) groups excluding carboxylic acids is 1. The van der Waals surface area contributed by atoms with E-state index in [-0.39, 0.29) is 11.9 Å². The first-order chi connectivity index (χ1) is 7.06. The average Bonchev–Trinajstić information content (AvgIpc) is 2.52. The third-order valence-corrected chi connectivity index (χ3v) is 2.63. The zero-order valence-electron chi connectivity index (χ0n) is 9.49. The molecule has 1 heterocycles. The number of carbonyl (C=O) groups is 1. The van der Waals surface area contributed by atoms with Gasteiger partial charge in [0.1, 0.15) is 5.76 Å². The Morgan fingerprint density at radius 2 is 2.33 bits per heavy atom. The highest BCUT2D eigenvalue weighted by molar-refractivity contribution is 5.79. The molecule has 0 saturated heterocycles. The summed E-state index contributed by atoms with van der Waals surface area (Å²) in [7, 11) is 1.89. The van der Waals surface area contributed by atoms with E-state index in [1.54, 1.807) is 6.26 Å². The SMILES string of the molecule is CCC(C(N)=O)N(C)Cc1ccoc1C. The average molecular weight is 210 g/mol. The minimum atomic E-state index is -0.277. The minimum absolute atomic E-state index is 0.209. The molecule has 0 saturated carbocycles. The Morgan fingerprint density at radius 1 is 1.67 bits per heavy atom. The molecule has 0 aliphatic heterocycles. The topological polar surface area (TPSA) is 59.5 Å². The number of hydrogen-bond acceptors (Lipinski definition) is 3. The number of primary amides is 1. The molecule has 0 spiro atoms.